The Labute approximate surface area is 158 Å². The second-order valence-electron chi connectivity index (χ2n) is 5.80. The second-order valence-corrected chi connectivity index (χ2v) is 7.49. The Hall–Kier alpha value is -3.14. The van der Waals surface area contributed by atoms with Gasteiger partial charge in [-0.3, -0.25) is 14.5 Å². The fourth-order valence-electron chi connectivity index (χ4n) is 2.46. The van der Waals surface area contributed by atoms with Crippen molar-refractivity contribution in [3.8, 4) is 0 Å². The summed E-state index contributed by atoms with van der Waals surface area (Å²) in [6, 6.07) is 12.9. The molecule has 3 aromatic rings. The topological polar surface area (TPSA) is 88.2 Å². The SMILES string of the molecule is O=C(NCC(F)(F)F)c1ccc(S(=O)(=O)Nc2cccc3ncccc23)cc1. The van der Waals surface area contributed by atoms with Gasteiger partial charge in [0.1, 0.15) is 6.54 Å². The number of aromatic nitrogens is 1. The first-order chi connectivity index (χ1) is 13.2. The molecule has 0 spiro atoms. The van der Waals surface area contributed by atoms with Crippen LogP contribution >= 0.6 is 0 Å². The number of benzene rings is 2. The molecule has 0 aliphatic rings. The van der Waals surface area contributed by atoms with Gasteiger partial charge in [0.25, 0.3) is 15.9 Å². The smallest absolute Gasteiger partial charge is 0.343 e. The summed E-state index contributed by atoms with van der Waals surface area (Å²) < 4.78 is 64.1. The summed E-state index contributed by atoms with van der Waals surface area (Å²) in [4.78, 5) is 15.7. The zero-order valence-electron chi connectivity index (χ0n) is 14.2. The van der Waals surface area contributed by atoms with Crippen LogP contribution in [0, 0.1) is 0 Å². The van der Waals surface area contributed by atoms with Crippen LogP contribution in [-0.2, 0) is 10.0 Å². The van der Waals surface area contributed by atoms with Crippen LogP contribution in [0.2, 0.25) is 0 Å². The zero-order chi connectivity index (χ0) is 20.4. The summed E-state index contributed by atoms with van der Waals surface area (Å²) in [6.07, 6.45) is -2.95. The summed E-state index contributed by atoms with van der Waals surface area (Å²) >= 11 is 0. The number of alkyl halides is 3. The largest absolute Gasteiger partial charge is 0.405 e. The second kappa shape index (κ2) is 7.47. The standard InChI is InChI=1S/C18H14F3N3O3S/c19-18(20,21)11-23-17(25)12-6-8-13(9-7-12)28(26,27)24-16-5-1-4-15-14(16)3-2-10-22-15/h1-10,24H,11H2,(H,23,25). The molecule has 0 saturated carbocycles. The van der Waals surface area contributed by atoms with Gasteiger partial charge in [0.05, 0.1) is 16.1 Å². The van der Waals surface area contributed by atoms with E-state index in [2.05, 4.69) is 9.71 Å². The van der Waals surface area contributed by atoms with Crippen LogP contribution in [0.1, 0.15) is 10.4 Å². The summed E-state index contributed by atoms with van der Waals surface area (Å²) in [5, 5.41) is 2.33. The molecule has 28 heavy (non-hydrogen) atoms. The average Bonchev–Trinajstić information content (AvgIpc) is 2.66. The quantitative estimate of drug-likeness (QED) is 0.677. The van der Waals surface area contributed by atoms with Crippen molar-refractivity contribution in [1.82, 2.24) is 10.3 Å². The minimum absolute atomic E-state index is 0.0856. The van der Waals surface area contributed by atoms with E-state index >= 15 is 0 Å². The zero-order valence-corrected chi connectivity index (χ0v) is 15.0. The van der Waals surface area contributed by atoms with E-state index in [4.69, 9.17) is 0 Å². The normalized spacial score (nSPS) is 12.0. The van der Waals surface area contributed by atoms with Crippen LogP contribution in [-0.4, -0.2) is 32.0 Å². The molecule has 3 rings (SSSR count). The number of carbonyl (C=O) groups excluding carboxylic acids is 1. The molecule has 6 nitrogen and oxygen atoms in total. The number of amides is 1. The summed E-state index contributed by atoms with van der Waals surface area (Å²) in [6.45, 7) is -1.47. The molecule has 1 heterocycles. The Morgan fingerprint density at radius 1 is 1.00 bits per heavy atom. The molecule has 0 aliphatic carbocycles. The van der Waals surface area contributed by atoms with Crippen molar-refractivity contribution in [3.63, 3.8) is 0 Å². The van der Waals surface area contributed by atoms with Crippen LogP contribution in [0.4, 0.5) is 18.9 Å². The van der Waals surface area contributed by atoms with Crippen molar-refractivity contribution in [2.24, 2.45) is 0 Å². The number of anilines is 1. The first-order valence-electron chi connectivity index (χ1n) is 7.97. The Balaban J connectivity index is 1.80. The van der Waals surface area contributed by atoms with Crippen molar-refractivity contribution < 1.29 is 26.4 Å². The molecular formula is C18H14F3N3O3S. The predicted molar refractivity (Wildman–Crippen MR) is 97.4 cm³/mol. The molecular weight excluding hydrogens is 395 g/mol. The van der Waals surface area contributed by atoms with Crippen molar-refractivity contribution in [1.29, 1.82) is 0 Å². The highest BCUT2D eigenvalue weighted by atomic mass is 32.2. The van der Waals surface area contributed by atoms with Crippen LogP contribution in [0.5, 0.6) is 0 Å². The minimum Gasteiger partial charge on any atom is -0.343 e. The minimum atomic E-state index is -4.53. The van der Waals surface area contributed by atoms with E-state index in [9.17, 15) is 26.4 Å². The predicted octanol–water partition coefficient (Wildman–Crippen LogP) is 3.33. The molecule has 0 fully saturated rings. The van der Waals surface area contributed by atoms with Gasteiger partial charge in [-0.05, 0) is 48.5 Å². The van der Waals surface area contributed by atoms with E-state index in [0.29, 0.717) is 16.6 Å². The molecule has 2 N–H and O–H groups in total. The molecule has 0 aliphatic heterocycles. The number of carbonyl (C=O) groups is 1. The highest BCUT2D eigenvalue weighted by Crippen LogP contribution is 2.24. The molecule has 0 unspecified atom stereocenters. The van der Waals surface area contributed by atoms with E-state index in [0.717, 1.165) is 24.3 Å². The van der Waals surface area contributed by atoms with Gasteiger partial charge in [0.2, 0.25) is 0 Å². The van der Waals surface area contributed by atoms with E-state index in [1.54, 1.807) is 41.8 Å². The van der Waals surface area contributed by atoms with Gasteiger partial charge < -0.3 is 5.32 Å². The highest BCUT2D eigenvalue weighted by molar-refractivity contribution is 7.92. The van der Waals surface area contributed by atoms with Crippen LogP contribution in [0.3, 0.4) is 0 Å². The number of rotatable bonds is 5. The maximum atomic E-state index is 12.6. The van der Waals surface area contributed by atoms with E-state index in [1.165, 1.54) is 0 Å². The third kappa shape index (κ3) is 4.58. The van der Waals surface area contributed by atoms with Gasteiger partial charge in [-0.1, -0.05) is 6.07 Å². The molecule has 146 valence electrons. The number of pyridine rings is 1. The van der Waals surface area contributed by atoms with E-state index in [1.807, 2.05) is 0 Å². The van der Waals surface area contributed by atoms with Crippen LogP contribution in [0.25, 0.3) is 10.9 Å². The lowest BCUT2D eigenvalue weighted by Crippen LogP contribution is -2.33. The molecule has 1 aromatic heterocycles. The first kappa shape index (κ1) is 19.6. The van der Waals surface area contributed by atoms with Gasteiger partial charge in [-0.15, -0.1) is 0 Å². The fourth-order valence-corrected chi connectivity index (χ4v) is 3.54. The average molecular weight is 409 g/mol. The van der Waals surface area contributed by atoms with Gasteiger partial charge in [-0.25, -0.2) is 8.42 Å². The van der Waals surface area contributed by atoms with Crippen LogP contribution in [0.15, 0.2) is 65.7 Å². The van der Waals surface area contributed by atoms with Crippen molar-refractivity contribution in [2.75, 3.05) is 11.3 Å². The Morgan fingerprint density at radius 3 is 2.39 bits per heavy atom. The lowest BCUT2D eigenvalue weighted by Gasteiger charge is -2.11. The summed E-state index contributed by atoms with van der Waals surface area (Å²) in [5.41, 5.74) is 0.856. The number of nitrogens with zero attached hydrogens (tertiary/aromatic N) is 1. The van der Waals surface area contributed by atoms with Crippen molar-refractivity contribution in [2.45, 2.75) is 11.1 Å². The summed E-state index contributed by atoms with van der Waals surface area (Å²) in [5.74, 6) is -0.950. The lowest BCUT2D eigenvalue weighted by atomic mass is 10.2. The third-order valence-electron chi connectivity index (χ3n) is 3.77. The molecule has 0 atom stereocenters. The first-order valence-corrected chi connectivity index (χ1v) is 9.46. The number of halogens is 3. The Kier molecular flexibility index (Phi) is 5.23. The maximum absolute atomic E-state index is 12.6. The van der Waals surface area contributed by atoms with Gasteiger partial charge in [0.15, 0.2) is 0 Å². The van der Waals surface area contributed by atoms with Crippen LogP contribution < -0.4 is 10.0 Å². The monoisotopic (exact) mass is 409 g/mol. The molecule has 0 bridgehead atoms. The van der Waals surface area contributed by atoms with Gasteiger partial charge >= 0.3 is 6.18 Å². The van der Waals surface area contributed by atoms with Gasteiger partial charge in [0, 0.05) is 17.1 Å². The molecule has 0 saturated heterocycles. The molecule has 2 aromatic carbocycles. The number of hydrogen-bond donors (Lipinski definition) is 2. The summed E-state index contributed by atoms with van der Waals surface area (Å²) in [7, 11) is -3.97. The molecule has 10 heteroatoms. The lowest BCUT2D eigenvalue weighted by molar-refractivity contribution is -0.123. The highest BCUT2D eigenvalue weighted by Gasteiger charge is 2.28. The number of nitrogens with one attached hydrogen (secondary N) is 2. The molecule has 1 amide bonds. The Morgan fingerprint density at radius 2 is 1.71 bits per heavy atom. The van der Waals surface area contributed by atoms with Gasteiger partial charge in [-0.2, -0.15) is 13.2 Å². The Bertz CT molecular complexity index is 1110. The fraction of sp³-hybridized carbons (Fsp3) is 0.111. The number of sulfonamides is 1. The van der Waals surface area contributed by atoms with Crippen molar-refractivity contribution >= 4 is 32.5 Å². The number of hydrogen-bond acceptors (Lipinski definition) is 4. The number of fused-ring (bicyclic) bond motifs is 1. The maximum Gasteiger partial charge on any atom is 0.405 e. The van der Waals surface area contributed by atoms with Crippen molar-refractivity contribution in [3.05, 3.63) is 66.4 Å². The van der Waals surface area contributed by atoms with E-state index in [-0.39, 0.29) is 10.5 Å². The third-order valence-corrected chi connectivity index (χ3v) is 5.15. The van der Waals surface area contributed by atoms with E-state index < -0.39 is 28.7 Å². The molecule has 0 radical (unpaired) electrons.